The molecule has 1 aromatic carbocycles. The number of benzene rings is 1. The van der Waals surface area contributed by atoms with Crippen molar-refractivity contribution in [1.29, 1.82) is 0 Å². The highest BCUT2D eigenvalue weighted by Crippen LogP contribution is 2.34. The molecule has 18 heavy (non-hydrogen) atoms. The second-order valence-electron chi connectivity index (χ2n) is 3.87. The molecule has 1 aromatic rings. The molecule has 0 aromatic heterocycles. The molecule has 1 rings (SSSR count). The average molecular weight is 281 g/mol. The largest absolute Gasteiger partial charge is 0.416 e. The molecule has 0 aliphatic rings. The number of halogens is 3. The molecule has 0 saturated heterocycles. The fraction of sp³-hybridized carbons (Fsp3) is 0.455. The third-order valence-electron chi connectivity index (χ3n) is 2.52. The van der Waals surface area contributed by atoms with Crippen molar-refractivity contribution in [3.8, 4) is 0 Å². The van der Waals surface area contributed by atoms with Crippen molar-refractivity contribution in [3.63, 3.8) is 0 Å². The molecule has 0 fully saturated rings. The van der Waals surface area contributed by atoms with Crippen molar-refractivity contribution < 1.29 is 23.4 Å². The van der Waals surface area contributed by atoms with E-state index in [1.807, 2.05) is 0 Å². The van der Waals surface area contributed by atoms with Crippen LogP contribution >= 0.6 is 12.6 Å². The smallest absolute Gasteiger partial charge is 0.398 e. The van der Waals surface area contributed by atoms with E-state index in [-0.39, 0.29) is 17.7 Å². The first-order chi connectivity index (χ1) is 8.27. The van der Waals surface area contributed by atoms with Crippen LogP contribution in [0, 0.1) is 0 Å². The third kappa shape index (κ3) is 3.54. The monoisotopic (exact) mass is 281 g/mol. The number of alkyl halides is 3. The Bertz CT molecular complexity index is 412. The van der Waals surface area contributed by atoms with Gasteiger partial charge in [0, 0.05) is 11.3 Å². The van der Waals surface area contributed by atoms with Gasteiger partial charge in [0.1, 0.15) is 6.10 Å². The molecule has 0 bridgehead atoms. The summed E-state index contributed by atoms with van der Waals surface area (Å²) in [5, 5.41) is 19.3. The third-order valence-corrected chi connectivity index (χ3v) is 2.78. The molecule has 4 N–H and O–H groups in total. The van der Waals surface area contributed by atoms with Crippen molar-refractivity contribution in [3.05, 3.63) is 29.3 Å². The lowest BCUT2D eigenvalue weighted by molar-refractivity contribution is -0.137. The molecule has 0 aliphatic heterocycles. The van der Waals surface area contributed by atoms with Gasteiger partial charge in [-0.05, 0) is 30.4 Å². The van der Waals surface area contributed by atoms with Crippen LogP contribution in [0.25, 0.3) is 0 Å². The van der Waals surface area contributed by atoms with E-state index in [1.54, 1.807) is 0 Å². The first kappa shape index (κ1) is 15.1. The number of nitrogens with two attached hydrogens (primary N) is 1. The normalized spacial score (nSPS) is 15.4. The summed E-state index contributed by atoms with van der Waals surface area (Å²) >= 11 is 3.88. The minimum Gasteiger partial charge on any atom is -0.398 e. The summed E-state index contributed by atoms with van der Waals surface area (Å²) in [4.78, 5) is 0. The number of thiol groups is 1. The zero-order valence-electron chi connectivity index (χ0n) is 9.35. The van der Waals surface area contributed by atoms with Crippen LogP contribution in [0.15, 0.2) is 18.2 Å². The highest BCUT2D eigenvalue weighted by molar-refractivity contribution is 7.80. The summed E-state index contributed by atoms with van der Waals surface area (Å²) in [6.45, 7) is 0. The van der Waals surface area contributed by atoms with Crippen LogP contribution in [-0.2, 0) is 6.18 Å². The fourth-order valence-electron chi connectivity index (χ4n) is 1.50. The molecular weight excluding hydrogens is 267 g/mol. The Morgan fingerprint density at radius 2 is 1.89 bits per heavy atom. The number of nitrogen functional groups attached to an aromatic ring is 1. The molecule has 0 saturated carbocycles. The van der Waals surface area contributed by atoms with Crippen LogP contribution in [0.3, 0.4) is 0 Å². The molecule has 3 nitrogen and oxygen atoms in total. The van der Waals surface area contributed by atoms with E-state index >= 15 is 0 Å². The summed E-state index contributed by atoms with van der Waals surface area (Å²) in [6, 6.07) is 2.65. The quantitative estimate of drug-likeness (QED) is 0.504. The minimum atomic E-state index is -4.52. The maximum absolute atomic E-state index is 12.5. The van der Waals surface area contributed by atoms with Gasteiger partial charge in [0.05, 0.1) is 11.7 Å². The zero-order valence-corrected chi connectivity index (χ0v) is 10.2. The Hall–Kier alpha value is -0.920. The van der Waals surface area contributed by atoms with E-state index in [2.05, 4.69) is 12.6 Å². The van der Waals surface area contributed by atoms with Crippen LogP contribution in [0.1, 0.15) is 23.7 Å². The molecule has 0 amide bonds. The molecule has 0 spiro atoms. The summed E-state index contributed by atoms with van der Waals surface area (Å²) in [6.07, 6.45) is -7.02. The molecule has 7 heteroatoms. The van der Waals surface area contributed by atoms with Crippen LogP contribution in [0.4, 0.5) is 18.9 Å². The highest BCUT2D eigenvalue weighted by atomic mass is 32.1. The Morgan fingerprint density at radius 1 is 1.28 bits per heavy atom. The Kier molecular flexibility index (Phi) is 4.89. The number of hydrogen-bond acceptors (Lipinski definition) is 4. The lowest BCUT2D eigenvalue weighted by Crippen LogP contribution is -2.20. The number of rotatable bonds is 4. The van der Waals surface area contributed by atoms with Crippen LogP contribution in [-0.4, -0.2) is 22.1 Å². The van der Waals surface area contributed by atoms with Crippen LogP contribution < -0.4 is 5.73 Å². The van der Waals surface area contributed by atoms with Crippen molar-refractivity contribution in [2.75, 3.05) is 11.5 Å². The first-order valence-electron chi connectivity index (χ1n) is 5.21. The predicted octanol–water partition coefficient (Wildman–Crippen LogP) is 2.00. The number of aliphatic hydroxyl groups excluding tert-OH is 2. The van der Waals surface area contributed by atoms with Crippen LogP contribution in [0.5, 0.6) is 0 Å². The van der Waals surface area contributed by atoms with Gasteiger partial charge in [-0.2, -0.15) is 25.8 Å². The minimum absolute atomic E-state index is 0.00807. The second kappa shape index (κ2) is 5.81. The molecule has 0 heterocycles. The molecule has 2 unspecified atom stereocenters. The van der Waals surface area contributed by atoms with Gasteiger partial charge < -0.3 is 15.9 Å². The summed E-state index contributed by atoms with van der Waals surface area (Å²) in [5.41, 5.74) is 4.48. The van der Waals surface area contributed by atoms with Gasteiger partial charge in [-0.25, -0.2) is 0 Å². The van der Waals surface area contributed by atoms with Crippen molar-refractivity contribution in [2.45, 2.75) is 24.8 Å². The second-order valence-corrected chi connectivity index (χ2v) is 4.31. The van der Waals surface area contributed by atoms with E-state index < -0.39 is 23.9 Å². The lowest BCUT2D eigenvalue weighted by atomic mass is 9.98. The Morgan fingerprint density at radius 3 is 2.39 bits per heavy atom. The van der Waals surface area contributed by atoms with E-state index in [1.165, 1.54) is 0 Å². The molecule has 102 valence electrons. The Balaban J connectivity index is 3.08. The molecular formula is C11H14F3NO2S. The Labute approximate surface area is 108 Å². The van der Waals surface area contributed by atoms with Crippen molar-refractivity contribution >= 4 is 18.3 Å². The van der Waals surface area contributed by atoms with Gasteiger partial charge in [-0.1, -0.05) is 0 Å². The van der Waals surface area contributed by atoms with Gasteiger partial charge in [-0.15, -0.1) is 0 Å². The molecule has 0 radical (unpaired) electrons. The van der Waals surface area contributed by atoms with E-state index in [0.29, 0.717) is 5.75 Å². The van der Waals surface area contributed by atoms with E-state index in [9.17, 15) is 23.4 Å². The van der Waals surface area contributed by atoms with Crippen LogP contribution in [0.2, 0.25) is 0 Å². The number of hydrogen-bond donors (Lipinski definition) is 4. The average Bonchev–Trinajstić information content (AvgIpc) is 2.27. The summed E-state index contributed by atoms with van der Waals surface area (Å²) < 4.78 is 37.5. The van der Waals surface area contributed by atoms with Gasteiger partial charge in [0.2, 0.25) is 0 Å². The predicted molar refractivity (Wildman–Crippen MR) is 65.3 cm³/mol. The van der Waals surface area contributed by atoms with E-state index in [4.69, 9.17) is 5.73 Å². The zero-order chi connectivity index (χ0) is 13.9. The summed E-state index contributed by atoms with van der Waals surface area (Å²) in [7, 11) is 0. The maximum atomic E-state index is 12.5. The highest BCUT2D eigenvalue weighted by Gasteiger charge is 2.32. The molecule has 0 aliphatic carbocycles. The maximum Gasteiger partial charge on any atom is 0.416 e. The topological polar surface area (TPSA) is 66.5 Å². The van der Waals surface area contributed by atoms with Gasteiger partial charge in [-0.3, -0.25) is 0 Å². The SMILES string of the molecule is Nc1ccc(C(F)(F)F)cc1C(O)C(O)CCS. The van der Waals surface area contributed by atoms with Crippen molar-refractivity contribution in [1.82, 2.24) is 0 Å². The number of anilines is 1. The lowest BCUT2D eigenvalue weighted by Gasteiger charge is -2.20. The van der Waals surface area contributed by atoms with E-state index in [0.717, 1.165) is 18.2 Å². The number of aliphatic hydroxyl groups is 2. The van der Waals surface area contributed by atoms with Gasteiger partial charge in [0.25, 0.3) is 0 Å². The van der Waals surface area contributed by atoms with Gasteiger partial charge in [0.15, 0.2) is 0 Å². The fourth-order valence-corrected chi connectivity index (χ4v) is 1.77. The molecule has 2 atom stereocenters. The summed E-state index contributed by atoms with van der Waals surface area (Å²) in [5.74, 6) is 0.303. The first-order valence-corrected chi connectivity index (χ1v) is 5.84. The standard InChI is InChI=1S/C11H14F3NO2S/c12-11(13,14)6-1-2-8(15)7(5-6)10(17)9(16)3-4-18/h1-2,5,9-10,16-18H,3-4,15H2. The van der Waals surface area contributed by atoms with Gasteiger partial charge >= 0.3 is 6.18 Å². The van der Waals surface area contributed by atoms with Crippen molar-refractivity contribution in [2.24, 2.45) is 0 Å².